The van der Waals surface area contributed by atoms with Gasteiger partial charge in [0, 0.05) is 19.6 Å². The molecule has 0 spiro atoms. The lowest BCUT2D eigenvalue weighted by atomic mass is 10.4. The molecule has 2 aliphatic rings. The van der Waals surface area contributed by atoms with Crippen molar-refractivity contribution in [2.75, 3.05) is 26.2 Å². The summed E-state index contributed by atoms with van der Waals surface area (Å²) in [5, 5.41) is 0. The third-order valence-corrected chi connectivity index (χ3v) is 1.89. The maximum atomic E-state index is 4.31. The van der Waals surface area contributed by atoms with Crippen LogP contribution in [0.1, 0.15) is 6.42 Å². The van der Waals surface area contributed by atoms with E-state index in [1.807, 2.05) is 6.21 Å². The molecule has 10 heavy (non-hydrogen) atoms. The molecule has 2 aliphatic heterocycles. The molecule has 0 aromatic rings. The third-order valence-electron chi connectivity index (χ3n) is 1.89. The first-order valence-electron chi connectivity index (χ1n) is 3.76. The van der Waals surface area contributed by atoms with E-state index >= 15 is 0 Å². The van der Waals surface area contributed by atoms with Gasteiger partial charge in [-0.1, -0.05) is 0 Å². The number of hydrogen-bond acceptors (Lipinski definition) is 3. The predicted octanol–water partition coefficient (Wildman–Crippen LogP) is 0.175. The molecular weight excluding hydrogens is 126 g/mol. The zero-order chi connectivity index (χ0) is 6.81. The second kappa shape index (κ2) is 2.40. The fraction of sp³-hybridized carbons (Fsp3) is 0.714. The fourth-order valence-electron chi connectivity index (χ4n) is 1.35. The summed E-state index contributed by atoms with van der Waals surface area (Å²) in [5.74, 6) is 1.09. The maximum Gasteiger partial charge on any atom is 0.141 e. The summed E-state index contributed by atoms with van der Waals surface area (Å²) in [7, 11) is 0. The molecule has 0 fully saturated rings. The standard InChI is InChI=1S/C7H11N3/c1-2-8-6-7-9-3-5-10(7)4-1/h6H,1-5H2. The van der Waals surface area contributed by atoms with E-state index in [2.05, 4.69) is 14.9 Å². The number of nitrogens with zero attached hydrogens (tertiary/aromatic N) is 3. The van der Waals surface area contributed by atoms with E-state index < -0.39 is 0 Å². The van der Waals surface area contributed by atoms with Crippen LogP contribution in [0.25, 0.3) is 0 Å². The highest BCUT2D eigenvalue weighted by Crippen LogP contribution is 2.03. The Morgan fingerprint density at radius 2 is 2.30 bits per heavy atom. The predicted molar refractivity (Wildman–Crippen MR) is 41.9 cm³/mol. The van der Waals surface area contributed by atoms with Crippen molar-refractivity contribution in [3.63, 3.8) is 0 Å². The van der Waals surface area contributed by atoms with Crippen LogP contribution in [0.4, 0.5) is 0 Å². The quantitative estimate of drug-likeness (QED) is 0.468. The highest BCUT2D eigenvalue weighted by molar-refractivity contribution is 6.29. The number of aliphatic imine (C=N–C) groups is 2. The molecular formula is C7H11N3. The van der Waals surface area contributed by atoms with Crippen LogP contribution in [0, 0.1) is 0 Å². The first-order valence-corrected chi connectivity index (χ1v) is 3.76. The first-order chi connectivity index (χ1) is 4.97. The van der Waals surface area contributed by atoms with E-state index in [0.717, 1.165) is 32.0 Å². The number of fused-ring (bicyclic) bond motifs is 1. The normalized spacial score (nSPS) is 24.0. The molecule has 0 aliphatic carbocycles. The van der Waals surface area contributed by atoms with Gasteiger partial charge in [0.05, 0.1) is 12.8 Å². The molecule has 0 aromatic carbocycles. The third kappa shape index (κ3) is 0.916. The average Bonchev–Trinajstić information content (AvgIpc) is 2.28. The lowest BCUT2D eigenvalue weighted by Crippen LogP contribution is -2.28. The molecule has 2 heterocycles. The topological polar surface area (TPSA) is 28.0 Å². The Bertz CT molecular complexity index is 183. The monoisotopic (exact) mass is 137 g/mol. The maximum absolute atomic E-state index is 4.31. The van der Waals surface area contributed by atoms with E-state index in [1.54, 1.807) is 0 Å². The summed E-state index contributed by atoms with van der Waals surface area (Å²) in [6.45, 7) is 4.16. The Morgan fingerprint density at radius 3 is 3.30 bits per heavy atom. The number of rotatable bonds is 0. The average molecular weight is 137 g/mol. The molecule has 3 nitrogen and oxygen atoms in total. The van der Waals surface area contributed by atoms with Crippen LogP contribution in [0.15, 0.2) is 9.98 Å². The van der Waals surface area contributed by atoms with Gasteiger partial charge in [-0.15, -0.1) is 0 Å². The van der Waals surface area contributed by atoms with Gasteiger partial charge in [-0.3, -0.25) is 9.98 Å². The lowest BCUT2D eigenvalue weighted by Gasteiger charge is -2.14. The minimum Gasteiger partial charge on any atom is -0.354 e. The first kappa shape index (κ1) is 5.89. The molecule has 0 bridgehead atoms. The largest absolute Gasteiger partial charge is 0.354 e. The summed E-state index contributed by atoms with van der Waals surface area (Å²) in [4.78, 5) is 10.8. The van der Waals surface area contributed by atoms with Gasteiger partial charge in [-0.2, -0.15) is 0 Å². The summed E-state index contributed by atoms with van der Waals surface area (Å²) < 4.78 is 0. The molecule has 0 atom stereocenters. The van der Waals surface area contributed by atoms with Crippen molar-refractivity contribution in [2.24, 2.45) is 9.98 Å². The molecule has 2 rings (SSSR count). The number of amidine groups is 1. The molecule has 3 heteroatoms. The van der Waals surface area contributed by atoms with Crippen LogP contribution < -0.4 is 0 Å². The molecule has 0 amide bonds. The van der Waals surface area contributed by atoms with Crippen LogP contribution in [-0.4, -0.2) is 43.1 Å². The van der Waals surface area contributed by atoms with Crippen LogP contribution in [0.5, 0.6) is 0 Å². The van der Waals surface area contributed by atoms with E-state index in [9.17, 15) is 0 Å². The highest BCUT2D eigenvalue weighted by atomic mass is 15.2. The van der Waals surface area contributed by atoms with Gasteiger partial charge in [-0.05, 0) is 6.42 Å². The smallest absolute Gasteiger partial charge is 0.141 e. The van der Waals surface area contributed by atoms with Crippen LogP contribution in [0.3, 0.4) is 0 Å². The van der Waals surface area contributed by atoms with Crippen molar-refractivity contribution < 1.29 is 0 Å². The second-order valence-electron chi connectivity index (χ2n) is 2.62. The van der Waals surface area contributed by atoms with E-state index in [1.165, 1.54) is 6.42 Å². The van der Waals surface area contributed by atoms with E-state index in [0.29, 0.717) is 0 Å². The van der Waals surface area contributed by atoms with Gasteiger partial charge in [0.2, 0.25) is 0 Å². The lowest BCUT2D eigenvalue weighted by molar-refractivity contribution is 0.458. The van der Waals surface area contributed by atoms with Crippen LogP contribution in [-0.2, 0) is 0 Å². The van der Waals surface area contributed by atoms with Crippen molar-refractivity contribution in [3.05, 3.63) is 0 Å². The molecule has 0 saturated heterocycles. The summed E-state index contributed by atoms with van der Waals surface area (Å²) >= 11 is 0. The summed E-state index contributed by atoms with van der Waals surface area (Å²) in [6.07, 6.45) is 3.08. The van der Waals surface area contributed by atoms with Crippen molar-refractivity contribution in [3.8, 4) is 0 Å². The minimum atomic E-state index is 0.960. The molecule has 0 saturated carbocycles. The minimum absolute atomic E-state index is 0.960. The molecule has 0 radical (unpaired) electrons. The molecule has 0 N–H and O–H groups in total. The Morgan fingerprint density at radius 1 is 1.30 bits per heavy atom. The summed E-state index contributed by atoms with van der Waals surface area (Å²) in [5.41, 5.74) is 0. The SMILES string of the molecule is C1=NCCCN2CCN=C12. The van der Waals surface area contributed by atoms with Gasteiger partial charge in [0.15, 0.2) is 0 Å². The van der Waals surface area contributed by atoms with E-state index in [4.69, 9.17) is 0 Å². The zero-order valence-electron chi connectivity index (χ0n) is 5.95. The van der Waals surface area contributed by atoms with Gasteiger partial charge in [0.25, 0.3) is 0 Å². The summed E-state index contributed by atoms with van der Waals surface area (Å²) in [6, 6.07) is 0. The number of hydrogen-bond donors (Lipinski definition) is 0. The van der Waals surface area contributed by atoms with Gasteiger partial charge < -0.3 is 4.90 Å². The van der Waals surface area contributed by atoms with Crippen LogP contribution in [0.2, 0.25) is 0 Å². The Hall–Kier alpha value is -0.860. The Labute approximate surface area is 60.5 Å². The highest BCUT2D eigenvalue weighted by Gasteiger charge is 2.15. The van der Waals surface area contributed by atoms with Crippen molar-refractivity contribution in [1.29, 1.82) is 0 Å². The van der Waals surface area contributed by atoms with Gasteiger partial charge >= 0.3 is 0 Å². The Kier molecular flexibility index (Phi) is 1.42. The van der Waals surface area contributed by atoms with E-state index in [-0.39, 0.29) is 0 Å². The second-order valence-corrected chi connectivity index (χ2v) is 2.62. The zero-order valence-corrected chi connectivity index (χ0v) is 5.95. The van der Waals surface area contributed by atoms with Crippen LogP contribution >= 0.6 is 0 Å². The Balaban J connectivity index is 2.17. The molecule has 0 unspecified atom stereocenters. The molecule has 54 valence electrons. The fourth-order valence-corrected chi connectivity index (χ4v) is 1.35. The van der Waals surface area contributed by atoms with Gasteiger partial charge in [0.1, 0.15) is 5.84 Å². The van der Waals surface area contributed by atoms with Crippen molar-refractivity contribution in [1.82, 2.24) is 4.90 Å². The van der Waals surface area contributed by atoms with Crippen molar-refractivity contribution >= 4 is 12.1 Å². The molecule has 0 aromatic heterocycles. The van der Waals surface area contributed by atoms with Gasteiger partial charge in [-0.25, -0.2) is 0 Å². The van der Waals surface area contributed by atoms with Crippen molar-refractivity contribution in [2.45, 2.75) is 6.42 Å².